The van der Waals surface area contributed by atoms with Crippen molar-refractivity contribution >= 4 is 21.6 Å². The molecule has 0 heterocycles. The predicted molar refractivity (Wildman–Crippen MR) is 97.1 cm³/mol. The van der Waals surface area contributed by atoms with Gasteiger partial charge in [0.15, 0.2) is 6.61 Å². The fraction of sp³-hybridized carbons (Fsp3) is 0.167. The number of aryl methyl sites for hydroxylation is 1. The highest BCUT2D eigenvalue weighted by Gasteiger charge is 2.15. The molecule has 0 aliphatic rings. The van der Waals surface area contributed by atoms with Gasteiger partial charge in [-0.2, -0.15) is 0 Å². The van der Waals surface area contributed by atoms with Gasteiger partial charge >= 0.3 is 0 Å². The maximum Gasteiger partial charge on any atom is 0.261 e. The van der Waals surface area contributed by atoms with Crippen LogP contribution in [0.5, 0.6) is 5.75 Å². The molecule has 2 aromatic rings. The minimum atomic E-state index is -3.69. The lowest BCUT2D eigenvalue weighted by Crippen LogP contribution is -2.28. The van der Waals surface area contributed by atoms with Crippen LogP contribution >= 0.6 is 0 Å². The number of ether oxygens (including phenoxy) is 1. The minimum Gasteiger partial charge on any atom is -0.484 e. The van der Waals surface area contributed by atoms with Crippen molar-refractivity contribution in [1.29, 1.82) is 0 Å². The first kappa shape index (κ1) is 18.5. The second-order valence-corrected chi connectivity index (χ2v) is 6.96. The molecule has 0 radical (unpaired) electrons. The van der Waals surface area contributed by atoms with Crippen molar-refractivity contribution in [3.05, 3.63) is 66.7 Å². The Kier molecular flexibility index (Phi) is 6.19. The highest BCUT2D eigenvalue weighted by atomic mass is 32.2. The zero-order valence-electron chi connectivity index (χ0n) is 13.9. The normalized spacial score (nSPS) is 10.8. The molecule has 0 atom stereocenters. The molecule has 2 N–H and O–H groups in total. The fourth-order valence-corrected chi connectivity index (χ4v) is 3.12. The Morgan fingerprint density at radius 3 is 2.48 bits per heavy atom. The standard InChI is InChI=1S/C18H20N2O4S/c1-3-12-19-18(21)13-24-15-8-10-16(11-9-15)25(22,23)20-17-7-5-4-6-14(17)2/h3-11,20H,1,12-13H2,2H3,(H,19,21). The van der Waals surface area contributed by atoms with E-state index in [1.165, 1.54) is 24.3 Å². The Balaban J connectivity index is 2.02. The molecule has 0 unspecified atom stereocenters. The van der Waals surface area contributed by atoms with Crippen molar-refractivity contribution in [1.82, 2.24) is 5.32 Å². The van der Waals surface area contributed by atoms with Crippen molar-refractivity contribution in [2.45, 2.75) is 11.8 Å². The van der Waals surface area contributed by atoms with Crippen LogP contribution < -0.4 is 14.8 Å². The van der Waals surface area contributed by atoms with Gasteiger partial charge in [-0.15, -0.1) is 6.58 Å². The van der Waals surface area contributed by atoms with Gasteiger partial charge in [-0.25, -0.2) is 8.42 Å². The van der Waals surface area contributed by atoms with Crippen molar-refractivity contribution in [3.63, 3.8) is 0 Å². The Hall–Kier alpha value is -2.80. The fourth-order valence-electron chi connectivity index (χ4n) is 1.99. The van der Waals surface area contributed by atoms with E-state index in [-0.39, 0.29) is 17.4 Å². The number of nitrogens with one attached hydrogen (secondary N) is 2. The lowest BCUT2D eigenvalue weighted by atomic mass is 10.2. The van der Waals surface area contributed by atoms with E-state index in [1.807, 2.05) is 19.1 Å². The molecule has 7 heteroatoms. The molecule has 0 spiro atoms. The maximum atomic E-state index is 12.4. The third-order valence-corrected chi connectivity index (χ3v) is 4.72. The largest absolute Gasteiger partial charge is 0.484 e. The summed E-state index contributed by atoms with van der Waals surface area (Å²) in [6.07, 6.45) is 1.57. The third kappa shape index (κ3) is 5.36. The van der Waals surface area contributed by atoms with Crippen molar-refractivity contribution in [2.75, 3.05) is 17.9 Å². The van der Waals surface area contributed by atoms with Crippen LogP contribution in [0.2, 0.25) is 0 Å². The summed E-state index contributed by atoms with van der Waals surface area (Å²) in [5, 5.41) is 2.58. The van der Waals surface area contributed by atoms with E-state index in [0.29, 0.717) is 18.0 Å². The monoisotopic (exact) mass is 360 g/mol. The Bertz CT molecular complexity index is 846. The molecule has 1 amide bonds. The zero-order chi connectivity index (χ0) is 18.3. The minimum absolute atomic E-state index is 0.110. The van der Waals surface area contributed by atoms with E-state index in [9.17, 15) is 13.2 Å². The molecule has 2 rings (SSSR count). The molecular weight excluding hydrogens is 340 g/mol. The van der Waals surface area contributed by atoms with Gasteiger partial charge in [0.25, 0.3) is 15.9 Å². The maximum absolute atomic E-state index is 12.4. The molecular formula is C18H20N2O4S. The van der Waals surface area contributed by atoms with Gasteiger partial charge in [0, 0.05) is 6.54 Å². The Morgan fingerprint density at radius 1 is 1.16 bits per heavy atom. The van der Waals surface area contributed by atoms with Gasteiger partial charge in [0.2, 0.25) is 0 Å². The van der Waals surface area contributed by atoms with Crippen LogP contribution in [0.25, 0.3) is 0 Å². The molecule has 0 aliphatic heterocycles. The first-order valence-corrected chi connectivity index (χ1v) is 9.09. The van der Waals surface area contributed by atoms with E-state index in [1.54, 1.807) is 18.2 Å². The Labute approximate surface area is 147 Å². The van der Waals surface area contributed by atoms with Crippen LogP contribution in [0.3, 0.4) is 0 Å². The van der Waals surface area contributed by atoms with Crippen LogP contribution in [0.1, 0.15) is 5.56 Å². The van der Waals surface area contributed by atoms with Crippen LogP contribution in [-0.2, 0) is 14.8 Å². The summed E-state index contributed by atoms with van der Waals surface area (Å²) in [5.74, 6) is 0.126. The summed E-state index contributed by atoms with van der Waals surface area (Å²) in [6.45, 7) is 5.54. The number of anilines is 1. The number of hydrogen-bond acceptors (Lipinski definition) is 4. The van der Waals surface area contributed by atoms with Crippen LogP contribution in [-0.4, -0.2) is 27.5 Å². The second-order valence-electron chi connectivity index (χ2n) is 5.27. The van der Waals surface area contributed by atoms with Crippen LogP contribution in [0, 0.1) is 6.92 Å². The summed E-state index contributed by atoms with van der Waals surface area (Å²) >= 11 is 0. The molecule has 132 valence electrons. The number of para-hydroxylation sites is 1. The third-order valence-electron chi connectivity index (χ3n) is 3.34. The first-order valence-electron chi connectivity index (χ1n) is 7.61. The van der Waals surface area contributed by atoms with E-state index in [0.717, 1.165) is 5.56 Å². The van der Waals surface area contributed by atoms with Crippen molar-refractivity contribution in [2.24, 2.45) is 0 Å². The van der Waals surface area contributed by atoms with E-state index >= 15 is 0 Å². The molecule has 0 saturated carbocycles. The number of carbonyl (C=O) groups is 1. The number of benzene rings is 2. The highest BCUT2D eigenvalue weighted by Crippen LogP contribution is 2.21. The van der Waals surface area contributed by atoms with Gasteiger partial charge in [0.05, 0.1) is 10.6 Å². The van der Waals surface area contributed by atoms with Crippen molar-refractivity contribution < 1.29 is 17.9 Å². The number of rotatable bonds is 8. The molecule has 0 aliphatic carbocycles. The molecule has 0 bridgehead atoms. The number of amides is 1. The SMILES string of the molecule is C=CCNC(=O)COc1ccc(S(=O)(=O)Nc2ccccc2C)cc1. The first-order chi connectivity index (χ1) is 11.9. The summed E-state index contributed by atoms with van der Waals surface area (Å²) < 4.78 is 32.7. The number of sulfonamides is 1. The van der Waals surface area contributed by atoms with Gasteiger partial charge in [0.1, 0.15) is 5.75 Å². The molecule has 0 aromatic heterocycles. The van der Waals surface area contributed by atoms with E-state index in [4.69, 9.17) is 4.74 Å². The van der Waals surface area contributed by atoms with Gasteiger partial charge in [-0.05, 0) is 42.8 Å². The van der Waals surface area contributed by atoms with Crippen molar-refractivity contribution in [3.8, 4) is 5.75 Å². The average Bonchev–Trinajstić information content (AvgIpc) is 2.60. The summed E-state index contributed by atoms with van der Waals surface area (Å²) in [5.41, 5.74) is 1.36. The van der Waals surface area contributed by atoms with Gasteiger partial charge in [-0.3, -0.25) is 9.52 Å². The smallest absolute Gasteiger partial charge is 0.261 e. The average molecular weight is 360 g/mol. The summed E-state index contributed by atoms with van der Waals surface area (Å²) in [7, 11) is -3.69. The Morgan fingerprint density at radius 2 is 1.84 bits per heavy atom. The molecule has 25 heavy (non-hydrogen) atoms. The number of hydrogen-bond donors (Lipinski definition) is 2. The highest BCUT2D eigenvalue weighted by molar-refractivity contribution is 7.92. The lowest BCUT2D eigenvalue weighted by molar-refractivity contribution is -0.122. The molecule has 2 aromatic carbocycles. The summed E-state index contributed by atoms with van der Waals surface area (Å²) in [4.78, 5) is 11.6. The van der Waals surface area contributed by atoms with Crippen LogP contribution in [0.15, 0.2) is 66.1 Å². The predicted octanol–water partition coefficient (Wildman–Crippen LogP) is 2.48. The van der Waals surface area contributed by atoms with Gasteiger partial charge in [-0.1, -0.05) is 24.3 Å². The van der Waals surface area contributed by atoms with Crippen LogP contribution in [0.4, 0.5) is 5.69 Å². The topological polar surface area (TPSA) is 84.5 Å². The van der Waals surface area contributed by atoms with E-state index in [2.05, 4.69) is 16.6 Å². The lowest BCUT2D eigenvalue weighted by Gasteiger charge is -2.11. The molecule has 0 fully saturated rings. The summed E-state index contributed by atoms with van der Waals surface area (Å²) in [6, 6.07) is 13.0. The molecule has 0 saturated heterocycles. The van der Waals surface area contributed by atoms with E-state index < -0.39 is 10.0 Å². The van der Waals surface area contributed by atoms with Gasteiger partial charge < -0.3 is 10.1 Å². The zero-order valence-corrected chi connectivity index (χ0v) is 14.7. The second kappa shape index (κ2) is 8.34. The number of carbonyl (C=O) groups excluding carboxylic acids is 1. The quantitative estimate of drug-likeness (QED) is 0.708. The molecule has 6 nitrogen and oxygen atoms in total.